The summed E-state index contributed by atoms with van der Waals surface area (Å²) < 4.78 is 4.77. The van der Waals surface area contributed by atoms with Crippen LogP contribution in [0.15, 0.2) is 24.3 Å². The maximum Gasteiger partial charge on any atom is 0.310 e. The second kappa shape index (κ2) is 8.27. The van der Waals surface area contributed by atoms with Gasteiger partial charge < -0.3 is 10.1 Å². The van der Waals surface area contributed by atoms with Gasteiger partial charge in [0.1, 0.15) is 0 Å². The first kappa shape index (κ1) is 17.0. The van der Waals surface area contributed by atoms with Crippen molar-refractivity contribution >= 4 is 39.4 Å². The van der Waals surface area contributed by atoms with E-state index in [0.29, 0.717) is 11.4 Å². The second-order valence-electron chi connectivity index (χ2n) is 4.41. The van der Waals surface area contributed by atoms with Gasteiger partial charge in [-0.3, -0.25) is 9.59 Å². The minimum Gasteiger partial charge on any atom is -0.469 e. The second-order valence-corrected chi connectivity index (χ2v) is 6.22. The van der Waals surface area contributed by atoms with E-state index in [4.69, 9.17) is 16.3 Å². The van der Waals surface area contributed by atoms with E-state index in [9.17, 15) is 9.59 Å². The Balaban J connectivity index is 2.67. The Hall–Kier alpha value is -1.07. The predicted molar refractivity (Wildman–Crippen MR) is 82.1 cm³/mol. The molecule has 20 heavy (non-hydrogen) atoms. The van der Waals surface area contributed by atoms with Crippen LogP contribution in [0.5, 0.6) is 0 Å². The Morgan fingerprint density at radius 1 is 1.35 bits per heavy atom. The van der Waals surface area contributed by atoms with E-state index in [-0.39, 0.29) is 23.2 Å². The molecular formula is C14H17BrClNO3. The zero-order valence-electron chi connectivity index (χ0n) is 11.4. The summed E-state index contributed by atoms with van der Waals surface area (Å²) in [5.74, 6) is -0.922. The van der Waals surface area contributed by atoms with Crippen LogP contribution in [0.2, 0.25) is 5.02 Å². The fraction of sp³-hybridized carbons (Fsp3) is 0.429. The molecule has 0 aliphatic heterocycles. The smallest absolute Gasteiger partial charge is 0.310 e. The van der Waals surface area contributed by atoms with Crippen molar-refractivity contribution in [3.05, 3.63) is 34.9 Å². The molecule has 1 aromatic rings. The zero-order chi connectivity index (χ0) is 15.1. The summed E-state index contributed by atoms with van der Waals surface area (Å²) in [6.45, 7) is 1.96. The van der Waals surface area contributed by atoms with E-state index >= 15 is 0 Å². The van der Waals surface area contributed by atoms with E-state index in [1.165, 1.54) is 7.11 Å². The van der Waals surface area contributed by atoms with Crippen molar-refractivity contribution in [3.63, 3.8) is 0 Å². The van der Waals surface area contributed by atoms with E-state index in [1.807, 2.05) is 12.1 Å². The Labute approximate surface area is 132 Å². The molecule has 0 saturated heterocycles. The average Bonchev–Trinajstić information content (AvgIpc) is 2.44. The van der Waals surface area contributed by atoms with E-state index in [2.05, 4.69) is 21.2 Å². The van der Waals surface area contributed by atoms with Crippen LogP contribution in [0, 0.1) is 5.92 Å². The molecule has 0 radical (unpaired) electrons. The third-order valence-corrected chi connectivity index (χ3v) is 3.48. The van der Waals surface area contributed by atoms with Gasteiger partial charge >= 0.3 is 5.97 Å². The number of nitrogens with one attached hydrogen (secondary N) is 1. The van der Waals surface area contributed by atoms with Gasteiger partial charge in [0.25, 0.3) is 0 Å². The molecule has 0 aromatic heterocycles. The lowest BCUT2D eigenvalue weighted by atomic mass is 9.99. The normalized spacial score (nSPS) is 13.4. The summed E-state index contributed by atoms with van der Waals surface area (Å²) in [5.41, 5.74) is 0.964. The molecule has 6 heteroatoms. The van der Waals surface area contributed by atoms with Gasteiger partial charge in [-0.15, -0.1) is 0 Å². The highest BCUT2D eigenvalue weighted by molar-refractivity contribution is 9.10. The van der Waals surface area contributed by atoms with Crippen molar-refractivity contribution < 1.29 is 14.3 Å². The number of benzene rings is 1. The monoisotopic (exact) mass is 361 g/mol. The van der Waals surface area contributed by atoms with Gasteiger partial charge in [-0.1, -0.05) is 39.7 Å². The maximum atomic E-state index is 11.8. The molecule has 0 saturated carbocycles. The summed E-state index contributed by atoms with van der Waals surface area (Å²) in [5, 5.41) is 3.36. The highest BCUT2D eigenvalue weighted by atomic mass is 79.9. The molecule has 4 nitrogen and oxygen atoms in total. The summed E-state index contributed by atoms with van der Waals surface area (Å²) >= 11 is 9.00. The Kier molecular flexibility index (Phi) is 7.02. The fourth-order valence-electron chi connectivity index (χ4n) is 1.67. The van der Waals surface area contributed by atoms with Crippen LogP contribution >= 0.6 is 27.5 Å². The molecule has 0 aliphatic rings. The first-order chi connectivity index (χ1) is 9.43. The molecule has 0 unspecified atom stereocenters. The number of hydrogen-bond acceptors (Lipinski definition) is 3. The standard InChI is InChI=1S/C14H17BrClNO3/c1-9(15)13(18)17-8-11(14(19)20-2)7-10-3-5-12(16)6-4-10/h3-6,9,11H,7-8H2,1-2H3,(H,17,18)/t9-,11-/m1/s1. The Bertz CT molecular complexity index is 462. The number of amides is 1. The van der Waals surface area contributed by atoms with Gasteiger partial charge in [0.2, 0.25) is 5.91 Å². The van der Waals surface area contributed by atoms with Crippen molar-refractivity contribution in [1.82, 2.24) is 5.32 Å². The molecule has 1 aromatic carbocycles. The summed E-state index contributed by atoms with van der Waals surface area (Å²) in [6.07, 6.45) is 0.487. The first-order valence-corrected chi connectivity index (χ1v) is 7.47. The third-order valence-electron chi connectivity index (χ3n) is 2.81. The summed E-state index contributed by atoms with van der Waals surface area (Å²) in [4.78, 5) is 23.0. The number of halogens is 2. The van der Waals surface area contributed by atoms with E-state index in [0.717, 1.165) is 5.56 Å². The van der Waals surface area contributed by atoms with Gasteiger partial charge in [0, 0.05) is 11.6 Å². The number of carbonyl (C=O) groups is 2. The molecule has 0 spiro atoms. The molecule has 0 aliphatic carbocycles. The Morgan fingerprint density at radius 3 is 2.45 bits per heavy atom. The lowest BCUT2D eigenvalue weighted by Gasteiger charge is -2.16. The highest BCUT2D eigenvalue weighted by Gasteiger charge is 2.21. The summed E-state index contributed by atoms with van der Waals surface area (Å²) in [7, 11) is 1.34. The van der Waals surface area contributed by atoms with Crippen LogP contribution in [0.3, 0.4) is 0 Å². The van der Waals surface area contributed by atoms with Crippen LogP contribution in [-0.4, -0.2) is 30.4 Å². The van der Waals surface area contributed by atoms with Crippen LogP contribution in [0.25, 0.3) is 0 Å². The number of ether oxygens (including phenoxy) is 1. The number of carbonyl (C=O) groups excluding carboxylic acids is 2. The average molecular weight is 363 g/mol. The van der Waals surface area contributed by atoms with E-state index < -0.39 is 5.92 Å². The third kappa shape index (κ3) is 5.51. The highest BCUT2D eigenvalue weighted by Crippen LogP contribution is 2.14. The fourth-order valence-corrected chi connectivity index (χ4v) is 1.96. The zero-order valence-corrected chi connectivity index (χ0v) is 13.7. The van der Waals surface area contributed by atoms with Crippen molar-refractivity contribution in [1.29, 1.82) is 0 Å². The van der Waals surface area contributed by atoms with Crippen molar-refractivity contribution in [2.75, 3.05) is 13.7 Å². The topological polar surface area (TPSA) is 55.4 Å². The molecule has 0 heterocycles. The van der Waals surface area contributed by atoms with Gasteiger partial charge in [-0.2, -0.15) is 0 Å². The lowest BCUT2D eigenvalue weighted by molar-refractivity contribution is -0.145. The predicted octanol–water partition coefficient (Wildman–Crippen LogP) is 2.57. The minimum atomic E-state index is -0.420. The lowest BCUT2D eigenvalue weighted by Crippen LogP contribution is -2.37. The summed E-state index contributed by atoms with van der Waals surface area (Å²) in [6, 6.07) is 7.25. The molecule has 1 amide bonds. The van der Waals surface area contributed by atoms with Crippen molar-refractivity contribution in [2.45, 2.75) is 18.2 Å². The van der Waals surface area contributed by atoms with Crippen LogP contribution in [0.1, 0.15) is 12.5 Å². The maximum absolute atomic E-state index is 11.8. The molecule has 110 valence electrons. The molecule has 2 atom stereocenters. The van der Waals surface area contributed by atoms with Crippen LogP contribution < -0.4 is 5.32 Å². The van der Waals surface area contributed by atoms with Gasteiger partial charge in [0.05, 0.1) is 17.9 Å². The number of rotatable bonds is 6. The van der Waals surface area contributed by atoms with Gasteiger partial charge in [0.15, 0.2) is 0 Å². The van der Waals surface area contributed by atoms with Crippen molar-refractivity contribution in [2.24, 2.45) is 5.92 Å². The van der Waals surface area contributed by atoms with Crippen molar-refractivity contribution in [3.8, 4) is 0 Å². The molecule has 1 rings (SSSR count). The molecule has 1 N–H and O–H groups in total. The minimum absolute atomic E-state index is 0.157. The van der Waals surface area contributed by atoms with Crippen LogP contribution in [-0.2, 0) is 20.7 Å². The van der Waals surface area contributed by atoms with E-state index in [1.54, 1.807) is 19.1 Å². The Morgan fingerprint density at radius 2 is 1.95 bits per heavy atom. The SMILES string of the molecule is COC(=O)[C@@H](CNC(=O)[C@@H](C)Br)Cc1ccc(Cl)cc1. The number of methoxy groups -OCH3 is 1. The molecular weight excluding hydrogens is 346 g/mol. The number of hydrogen-bond donors (Lipinski definition) is 1. The largest absolute Gasteiger partial charge is 0.469 e. The first-order valence-electron chi connectivity index (χ1n) is 6.18. The van der Waals surface area contributed by atoms with Gasteiger partial charge in [-0.25, -0.2) is 0 Å². The van der Waals surface area contributed by atoms with Gasteiger partial charge in [-0.05, 0) is 31.0 Å². The number of esters is 1. The quantitative estimate of drug-likeness (QED) is 0.625. The molecule has 0 fully saturated rings. The van der Waals surface area contributed by atoms with Crippen LogP contribution in [0.4, 0.5) is 0 Å². The number of alkyl halides is 1. The molecule has 0 bridgehead atoms.